The Bertz CT molecular complexity index is 1120. The molecule has 0 aliphatic carbocycles. The molecular weight excluding hydrogens is 539 g/mol. The highest BCUT2D eigenvalue weighted by atomic mass is 79.9. The third-order valence-corrected chi connectivity index (χ3v) is 7.55. The fourth-order valence-electron chi connectivity index (χ4n) is 4.09. The van der Waals surface area contributed by atoms with Crippen LogP contribution in [0.3, 0.4) is 0 Å². The van der Waals surface area contributed by atoms with E-state index in [1.54, 1.807) is 30.3 Å². The molecule has 1 atom stereocenters. The number of rotatable bonds is 17. The van der Waals surface area contributed by atoms with E-state index in [-0.39, 0.29) is 11.5 Å². The Labute approximate surface area is 223 Å². The quantitative estimate of drug-likeness (QED) is 0.0912. The predicted molar refractivity (Wildman–Crippen MR) is 149 cm³/mol. The van der Waals surface area contributed by atoms with Gasteiger partial charge in [0.15, 0.2) is 0 Å². The molecular formula is C29H37BrO5P-. The van der Waals surface area contributed by atoms with Gasteiger partial charge in [-0.1, -0.05) is 105 Å². The molecule has 0 radical (unpaired) electrons. The van der Waals surface area contributed by atoms with Crippen molar-refractivity contribution < 1.29 is 23.2 Å². The second kappa shape index (κ2) is 15.3. The van der Waals surface area contributed by atoms with Gasteiger partial charge in [0.25, 0.3) is 0 Å². The summed E-state index contributed by atoms with van der Waals surface area (Å²) in [6.45, 7) is 2.93. The topological polar surface area (TPSA) is 67.8 Å². The van der Waals surface area contributed by atoms with Gasteiger partial charge in [-0.3, -0.25) is 0 Å². The molecule has 3 aromatic rings. The Hall–Kier alpha value is -2.01. The molecule has 0 aliphatic rings. The van der Waals surface area contributed by atoms with Gasteiger partial charge in [-0.05, 0) is 59.2 Å². The molecule has 36 heavy (non-hydrogen) atoms. The Morgan fingerprint density at radius 2 is 1.31 bits per heavy atom. The van der Waals surface area contributed by atoms with Crippen LogP contribution in [0.25, 0.3) is 10.8 Å². The summed E-state index contributed by atoms with van der Waals surface area (Å²) in [6, 6.07) is 17.8. The van der Waals surface area contributed by atoms with Crippen molar-refractivity contribution in [2.24, 2.45) is 0 Å². The second-order valence-corrected chi connectivity index (χ2v) is 10.9. The van der Waals surface area contributed by atoms with Crippen LogP contribution >= 0.6 is 23.8 Å². The molecule has 3 rings (SSSR count). The number of hydrogen-bond donors (Lipinski definition) is 0. The zero-order valence-electron chi connectivity index (χ0n) is 21.1. The lowest BCUT2D eigenvalue weighted by Gasteiger charge is -2.24. The summed E-state index contributed by atoms with van der Waals surface area (Å²) in [6.07, 6.45) is 12.9. The van der Waals surface area contributed by atoms with E-state index in [4.69, 9.17) is 13.8 Å². The lowest BCUT2D eigenvalue weighted by Crippen LogP contribution is -2.13. The third kappa shape index (κ3) is 10.2. The van der Waals surface area contributed by atoms with Crippen LogP contribution in [0.1, 0.15) is 76.7 Å². The molecule has 0 saturated heterocycles. The number of phosphoric ester groups is 1. The van der Waals surface area contributed by atoms with E-state index in [1.165, 1.54) is 57.8 Å². The van der Waals surface area contributed by atoms with Crippen LogP contribution in [-0.2, 0) is 9.90 Å². The molecule has 0 spiro atoms. The Morgan fingerprint density at radius 1 is 0.722 bits per heavy atom. The normalized spacial score (nSPS) is 12.9. The van der Waals surface area contributed by atoms with E-state index >= 15 is 0 Å². The minimum atomic E-state index is -4.59. The monoisotopic (exact) mass is 575 g/mol. The van der Waals surface area contributed by atoms with Crippen molar-refractivity contribution in [2.45, 2.75) is 76.5 Å². The SMILES string of the molecule is CCCCCCCCCCCCOc1ccc2ccc(OP(=O)([O-])Oc3cccc(CBr)c3)cc2c1. The largest absolute Gasteiger partial charge is 0.736 e. The molecule has 5 nitrogen and oxygen atoms in total. The average Bonchev–Trinajstić information content (AvgIpc) is 2.86. The Morgan fingerprint density at radius 3 is 1.97 bits per heavy atom. The molecule has 196 valence electrons. The molecule has 0 heterocycles. The fraction of sp³-hybridized carbons (Fsp3) is 0.448. The molecule has 1 unspecified atom stereocenters. The number of hydrogen-bond acceptors (Lipinski definition) is 5. The first kappa shape index (κ1) is 28.6. The van der Waals surface area contributed by atoms with Gasteiger partial charge in [-0.2, -0.15) is 0 Å². The van der Waals surface area contributed by atoms with E-state index in [1.807, 2.05) is 30.3 Å². The molecule has 0 aliphatic heterocycles. The van der Waals surface area contributed by atoms with Gasteiger partial charge >= 0.3 is 7.82 Å². The van der Waals surface area contributed by atoms with Gasteiger partial charge in [-0.15, -0.1) is 0 Å². The maximum atomic E-state index is 12.4. The van der Waals surface area contributed by atoms with Gasteiger partial charge in [0.2, 0.25) is 0 Å². The molecule has 0 saturated carbocycles. The second-order valence-electron chi connectivity index (χ2n) is 9.11. The first-order valence-corrected chi connectivity index (χ1v) is 15.6. The van der Waals surface area contributed by atoms with Crippen LogP contribution in [0, 0.1) is 0 Å². The van der Waals surface area contributed by atoms with Gasteiger partial charge < -0.3 is 18.7 Å². The maximum absolute atomic E-state index is 12.4. The van der Waals surface area contributed by atoms with Crippen molar-refractivity contribution >= 4 is 34.5 Å². The number of ether oxygens (including phenoxy) is 1. The molecule has 7 heteroatoms. The van der Waals surface area contributed by atoms with Crippen LogP contribution in [0.5, 0.6) is 17.2 Å². The van der Waals surface area contributed by atoms with Crippen molar-refractivity contribution in [1.29, 1.82) is 0 Å². The van der Waals surface area contributed by atoms with Gasteiger partial charge in [0.1, 0.15) is 17.2 Å². The van der Waals surface area contributed by atoms with E-state index in [0.717, 1.165) is 28.5 Å². The molecule has 0 N–H and O–H groups in total. The highest BCUT2D eigenvalue weighted by Gasteiger charge is 2.14. The highest BCUT2D eigenvalue weighted by molar-refractivity contribution is 9.08. The van der Waals surface area contributed by atoms with Gasteiger partial charge in [0, 0.05) is 5.33 Å². The summed E-state index contributed by atoms with van der Waals surface area (Å²) in [5.74, 6) is 1.18. The van der Waals surface area contributed by atoms with Crippen molar-refractivity contribution in [2.75, 3.05) is 6.61 Å². The summed E-state index contributed by atoms with van der Waals surface area (Å²) in [4.78, 5) is 12.4. The van der Waals surface area contributed by atoms with E-state index in [9.17, 15) is 9.46 Å². The molecule has 0 amide bonds. The van der Waals surface area contributed by atoms with Crippen molar-refractivity contribution in [1.82, 2.24) is 0 Å². The summed E-state index contributed by atoms with van der Waals surface area (Å²) in [5, 5.41) is 2.41. The molecule has 0 fully saturated rings. The van der Waals surface area contributed by atoms with E-state index < -0.39 is 7.82 Å². The van der Waals surface area contributed by atoms with Gasteiger partial charge in [0.05, 0.1) is 6.61 Å². The number of unbranched alkanes of at least 4 members (excludes halogenated alkanes) is 9. The van der Waals surface area contributed by atoms with Crippen LogP contribution in [-0.4, -0.2) is 6.61 Å². The van der Waals surface area contributed by atoms with Crippen LogP contribution in [0.2, 0.25) is 0 Å². The number of benzene rings is 3. The van der Waals surface area contributed by atoms with Gasteiger partial charge in [-0.25, -0.2) is 4.57 Å². The standard InChI is InChI=1S/C29H38BrO5P/c1-2-3-4-5-6-7-8-9-10-11-19-33-27-17-15-25-16-18-29(22-26(25)21-27)35-36(31,32)34-28-14-12-13-24(20-28)23-30/h12-18,20-22H,2-11,19,23H2,1H3,(H,31,32)/p-1. The average molecular weight is 576 g/mol. The summed E-state index contributed by atoms with van der Waals surface area (Å²) in [5.41, 5.74) is 0.906. The summed E-state index contributed by atoms with van der Waals surface area (Å²) >= 11 is 3.35. The minimum absolute atomic E-state index is 0.198. The smallest absolute Gasteiger partial charge is 0.372 e. The van der Waals surface area contributed by atoms with E-state index in [0.29, 0.717) is 11.9 Å². The van der Waals surface area contributed by atoms with Crippen LogP contribution in [0.4, 0.5) is 0 Å². The van der Waals surface area contributed by atoms with E-state index in [2.05, 4.69) is 22.9 Å². The zero-order valence-corrected chi connectivity index (χ0v) is 23.6. The third-order valence-electron chi connectivity index (χ3n) is 6.04. The fourth-order valence-corrected chi connectivity index (χ4v) is 5.22. The molecule has 3 aromatic carbocycles. The molecule has 0 bridgehead atoms. The molecule has 0 aromatic heterocycles. The Kier molecular flexibility index (Phi) is 12.1. The first-order chi connectivity index (χ1) is 17.5. The minimum Gasteiger partial charge on any atom is -0.736 e. The van der Waals surface area contributed by atoms with Crippen molar-refractivity contribution in [3.63, 3.8) is 0 Å². The predicted octanol–water partition coefficient (Wildman–Crippen LogP) is 8.96. The number of halogens is 1. The maximum Gasteiger partial charge on any atom is 0.372 e. The lowest BCUT2D eigenvalue weighted by molar-refractivity contribution is -0.208. The van der Waals surface area contributed by atoms with Crippen molar-refractivity contribution in [3.8, 4) is 17.2 Å². The van der Waals surface area contributed by atoms with Crippen LogP contribution in [0.15, 0.2) is 60.7 Å². The lowest BCUT2D eigenvalue weighted by atomic mass is 10.1. The number of alkyl halides is 1. The summed E-state index contributed by atoms with van der Waals surface area (Å²) in [7, 11) is -4.59. The van der Waals surface area contributed by atoms with Crippen molar-refractivity contribution in [3.05, 3.63) is 66.2 Å². The first-order valence-electron chi connectivity index (χ1n) is 13.0. The number of phosphoric acid groups is 1. The summed E-state index contributed by atoms with van der Waals surface area (Å²) < 4.78 is 28.8. The highest BCUT2D eigenvalue weighted by Crippen LogP contribution is 2.41. The van der Waals surface area contributed by atoms with Crippen LogP contribution < -0.4 is 18.7 Å². The number of fused-ring (bicyclic) bond motifs is 1. The zero-order chi connectivity index (χ0) is 25.6. The Balaban J connectivity index is 1.45.